The van der Waals surface area contributed by atoms with E-state index in [0.29, 0.717) is 32.4 Å². The van der Waals surface area contributed by atoms with E-state index in [2.05, 4.69) is 27.0 Å². The maximum Gasteiger partial charge on any atom is 0.419 e. The average Bonchev–Trinajstić information content (AvgIpc) is 3.26. The van der Waals surface area contributed by atoms with Gasteiger partial charge in [0.15, 0.2) is 0 Å². The molecular weight excluding hydrogens is 399 g/mol. The molecule has 30 heavy (non-hydrogen) atoms. The molecule has 10 heteroatoms. The van der Waals surface area contributed by atoms with Crippen LogP contribution in [0.15, 0.2) is 36.7 Å². The van der Waals surface area contributed by atoms with Gasteiger partial charge in [0.2, 0.25) is 0 Å². The number of ether oxygens (including phenoxy) is 1. The van der Waals surface area contributed by atoms with E-state index >= 15 is 0 Å². The minimum atomic E-state index is -4.51. The lowest BCUT2D eigenvalue weighted by Gasteiger charge is -2.36. The first-order valence-corrected chi connectivity index (χ1v) is 9.96. The van der Waals surface area contributed by atoms with Gasteiger partial charge in [0.1, 0.15) is 0 Å². The van der Waals surface area contributed by atoms with Gasteiger partial charge in [-0.05, 0) is 11.6 Å². The van der Waals surface area contributed by atoms with Crippen LogP contribution in [0.3, 0.4) is 0 Å². The topological polar surface area (TPSA) is 53.8 Å². The van der Waals surface area contributed by atoms with Gasteiger partial charge >= 0.3 is 12.2 Å². The second-order valence-electron chi connectivity index (χ2n) is 7.45. The minimum Gasteiger partial charge on any atom is -0.378 e. The summed E-state index contributed by atoms with van der Waals surface area (Å²) in [4.78, 5) is 18.6. The molecule has 0 aliphatic carbocycles. The van der Waals surface area contributed by atoms with Crippen molar-refractivity contribution in [2.45, 2.75) is 12.7 Å². The normalized spacial score (nSPS) is 18.6. The van der Waals surface area contributed by atoms with E-state index in [1.54, 1.807) is 0 Å². The van der Waals surface area contributed by atoms with Gasteiger partial charge in [-0.2, -0.15) is 23.0 Å². The molecule has 2 saturated heterocycles. The molecule has 0 spiro atoms. The summed E-state index contributed by atoms with van der Waals surface area (Å²) in [6.45, 7) is 6.12. The van der Waals surface area contributed by atoms with Crippen LogP contribution in [0.5, 0.6) is 0 Å². The van der Waals surface area contributed by atoms with Gasteiger partial charge in [-0.15, -0.1) is 0 Å². The van der Waals surface area contributed by atoms with Crippen LogP contribution in [0.25, 0.3) is 0 Å². The van der Waals surface area contributed by atoms with Crippen molar-refractivity contribution in [1.82, 2.24) is 19.6 Å². The lowest BCUT2D eigenvalue weighted by molar-refractivity contribution is -0.137. The Kier molecular flexibility index (Phi) is 5.96. The molecule has 2 aromatic rings. The van der Waals surface area contributed by atoms with Crippen molar-refractivity contribution in [3.63, 3.8) is 0 Å². The molecule has 1 aromatic heterocycles. The highest BCUT2D eigenvalue weighted by atomic mass is 19.4. The van der Waals surface area contributed by atoms with Crippen LogP contribution in [0.1, 0.15) is 11.1 Å². The van der Waals surface area contributed by atoms with Crippen molar-refractivity contribution >= 4 is 11.7 Å². The predicted molar refractivity (Wildman–Crippen MR) is 104 cm³/mol. The second kappa shape index (κ2) is 8.65. The lowest BCUT2D eigenvalue weighted by atomic mass is 10.1. The molecular formula is C20H24F3N5O2. The molecule has 3 heterocycles. The Morgan fingerprint density at radius 1 is 1.03 bits per heavy atom. The summed E-state index contributed by atoms with van der Waals surface area (Å²) in [5.41, 5.74) is 1.51. The Bertz CT molecular complexity index is 871. The molecule has 162 valence electrons. The van der Waals surface area contributed by atoms with Crippen LogP contribution in [0, 0.1) is 0 Å². The predicted octanol–water partition coefficient (Wildman–Crippen LogP) is 2.52. The Morgan fingerprint density at radius 2 is 1.73 bits per heavy atom. The fraction of sp³-hybridized carbons (Fsp3) is 0.500. The number of carbonyl (C=O) groups is 1. The van der Waals surface area contributed by atoms with E-state index in [0.717, 1.165) is 43.7 Å². The van der Waals surface area contributed by atoms with E-state index in [-0.39, 0.29) is 0 Å². The SMILES string of the molecule is O=C(N1CCN(Cc2ccccc2N2CCOCC2)CC1)n1cc(C(F)(F)F)cn1. The number of nitrogens with zero attached hydrogens (tertiary/aromatic N) is 5. The number of amides is 1. The number of piperazine rings is 1. The molecule has 0 atom stereocenters. The largest absolute Gasteiger partial charge is 0.419 e. The van der Waals surface area contributed by atoms with Gasteiger partial charge in [-0.3, -0.25) is 4.90 Å². The molecule has 2 aliphatic heterocycles. The quantitative estimate of drug-likeness (QED) is 0.760. The Balaban J connectivity index is 1.35. The van der Waals surface area contributed by atoms with Crippen LogP contribution >= 0.6 is 0 Å². The third kappa shape index (κ3) is 4.59. The number of hydrogen-bond donors (Lipinski definition) is 0. The van der Waals surface area contributed by atoms with Crippen molar-refractivity contribution < 1.29 is 22.7 Å². The number of carbonyl (C=O) groups excluding carboxylic acids is 1. The van der Waals surface area contributed by atoms with Crippen LogP contribution in [-0.4, -0.2) is 78.1 Å². The number of alkyl halides is 3. The smallest absolute Gasteiger partial charge is 0.378 e. The van der Waals surface area contributed by atoms with Gasteiger partial charge in [-0.25, -0.2) is 4.79 Å². The summed E-state index contributed by atoms with van der Waals surface area (Å²) in [6.07, 6.45) is -3.09. The molecule has 4 rings (SSSR count). The van der Waals surface area contributed by atoms with Gasteiger partial charge < -0.3 is 14.5 Å². The standard InChI is InChI=1S/C20H24F3N5O2/c21-20(22,23)17-13-24-28(15-17)19(29)27-7-5-25(6-8-27)14-16-3-1-2-4-18(16)26-9-11-30-12-10-26/h1-4,13,15H,5-12,14H2. The number of morpholine rings is 1. The van der Waals surface area contributed by atoms with Gasteiger partial charge in [-0.1, -0.05) is 18.2 Å². The summed E-state index contributed by atoms with van der Waals surface area (Å²) in [6, 6.07) is 7.76. The summed E-state index contributed by atoms with van der Waals surface area (Å²) in [5.74, 6) is 0. The zero-order valence-electron chi connectivity index (χ0n) is 16.5. The van der Waals surface area contributed by atoms with Gasteiger partial charge in [0, 0.05) is 57.7 Å². The van der Waals surface area contributed by atoms with E-state index in [1.807, 2.05) is 12.1 Å². The lowest BCUT2D eigenvalue weighted by Crippen LogP contribution is -2.49. The zero-order chi connectivity index (χ0) is 21.1. The highest BCUT2D eigenvalue weighted by molar-refractivity contribution is 5.76. The highest BCUT2D eigenvalue weighted by Gasteiger charge is 2.33. The number of para-hydroxylation sites is 1. The summed E-state index contributed by atoms with van der Waals surface area (Å²) >= 11 is 0. The van der Waals surface area contributed by atoms with Gasteiger partial charge in [0.25, 0.3) is 0 Å². The number of anilines is 1. The molecule has 0 N–H and O–H groups in total. The van der Waals surface area contributed by atoms with Crippen molar-refractivity contribution in [1.29, 1.82) is 0 Å². The Morgan fingerprint density at radius 3 is 2.40 bits per heavy atom. The molecule has 1 amide bonds. The third-order valence-electron chi connectivity index (χ3n) is 5.49. The minimum absolute atomic E-state index is 0.444. The van der Waals surface area contributed by atoms with E-state index < -0.39 is 17.8 Å². The van der Waals surface area contributed by atoms with Crippen molar-refractivity contribution in [2.24, 2.45) is 0 Å². The number of benzene rings is 1. The second-order valence-corrected chi connectivity index (χ2v) is 7.45. The molecule has 7 nitrogen and oxygen atoms in total. The van der Waals surface area contributed by atoms with E-state index in [1.165, 1.54) is 16.2 Å². The molecule has 2 aliphatic rings. The molecule has 2 fully saturated rings. The van der Waals surface area contributed by atoms with Crippen LogP contribution < -0.4 is 4.90 Å². The Labute approximate surface area is 172 Å². The first-order valence-electron chi connectivity index (χ1n) is 9.96. The summed E-state index contributed by atoms with van der Waals surface area (Å²) < 4.78 is 44.4. The number of aromatic nitrogens is 2. The molecule has 0 unspecified atom stereocenters. The maximum atomic E-state index is 12.7. The number of rotatable bonds is 3. The fourth-order valence-electron chi connectivity index (χ4n) is 3.81. The van der Waals surface area contributed by atoms with Crippen LogP contribution in [0.4, 0.5) is 23.7 Å². The van der Waals surface area contributed by atoms with E-state index in [9.17, 15) is 18.0 Å². The maximum absolute atomic E-state index is 12.7. The Hall–Kier alpha value is -2.59. The molecule has 1 aromatic carbocycles. The third-order valence-corrected chi connectivity index (χ3v) is 5.49. The van der Waals surface area contributed by atoms with Gasteiger partial charge in [0.05, 0.1) is 25.0 Å². The number of halogens is 3. The van der Waals surface area contributed by atoms with Crippen LogP contribution in [0.2, 0.25) is 0 Å². The fourth-order valence-corrected chi connectivity index (χ4v) is 3.81. The monoisotopic (exact) mass is 423 g/mol. The summed E-state index contributed by atoms with van der Waals surface area (Å²) in [7, 11) is 0. The highest BCUT2D eigenvalue weighted by Crippen LogP contribution is 2.28. The molecule has 0 bridgehead atoms. The number of hydrogen-bond acceptors (Lipinski definition) is 5. The zero-order valence-corrected chi connectivity index (χ0v) is 16.5. The molecule has 0 saturated carbocycles. The first-order chi connectivity index (χ1) is 14.4. The van der Waals surface area contributed by atoms with Crippen LogP contribution in [-0.2, 0) is 17.5 Å². The van der Waals surface area contributed by atoms with Crippen molar-refractivity contribution in [3.8, 4) is 0 Å². The average molecular weight is 423 g/mol. The molecule has 0 radical (unpaired) electrons. The van der Waals surface area contributed by atoms with E-state index in [4.69, 9.17) is 4.74 Å². The van der Waals surface area contributed by atoms with Crippen molar-refractivity contribution in [3.05, 3.63) is 47.8 Å². The first kappa shape index (κ1) is 20.7. The summed E-state index contributed by atoms with van der Waals surface area (Å²) in [5, 5.41) is 3.58. The van der Waals surface area contributed by atoms with Crippen molar-refractivity contribution in [2.75, 3.05) is 57.4 Å².